The zero-order valence-corrected chi connectivity index (χ0v) is 10.6. The Morgan fingerprint density at radius 2 is 1.89 bits per heavy atom. The molecule has 0 spiro atoms. The lowest BCUT2D eigenvalue weighted by atomic mass is 9.89. The van der Waals surface area contributed by atoms with E-state index in [1.807, 2.05) is 6.07 Å². The van der Waals surface area contributed by atoms with Gasteiger partial charge < -0.3 is 0 Å². The number of carbonyl (C=O) groups excluding carboxylic acids is 1. The van der Waals surface area contributed by atoms with E-state index in [0.29, 0.717) is 12.8 Å². The fourth-order valence-electron chi connectivity index (χ4n) is 2.23. The molecular formula is C13H13NO3S. The molecule has 0 unspecified atom stereocenters. The van der Waals surface area contributed by atoms with Crippen LogP contribution < -0.4 is 0 Å². The van der Waals surface area contributed by atoms with Gasteiger partial charge in [-0.05, 0) is 18.6 Å². The van der Waals surface area contributed by atoms with E-state index in [1.54, 1.807) is 18.2 Å². The minimum atomic E-state index is -3.60. The van der Waals surface area contributed by atoms with Crippen LogP contribution in [-0.4, -0.2) is 19.5 Å². The summed E-state index contributed by atoms with van der Waals surface area (Å²) in [5, 5.41) is 8.14. The first kappa shape index (κ1) is 12.8. The predicted octanol–water partition coefficient (Wildman–Crippen LogP) is 1.72. The van der Waals surface area contributed by atoms with Gasteiger partial charge in [0.05, 0.1) is 22.1 Å². The Kier molecular flexibility index (Phi) is 3.48. The average Bonchev–Trinajstić information content (AvgIpc) is 2.39. The summed E-state index contributed by atoms with van der Waals surface area (Å²) in [7, 11) is -3.60. The molecule has 0 aliphatic heterocycles. The Bertz CT molecular complexity index is 586. The van der Waals surface area contributed by atoms with Crippen molar-refractivity contribution in [1.82, 2.24) is 0 Å². The van der Waals surface area contributed by atoms with Gasteiger partial charge in [0.2, 0.25) is 0 Å². The topological polar surface area (TPSA) is 75.0 Å². The molecule has 0 bridgehead atoms. The molecule has 0 N–H and O–H groups in total. The molecule has 1 aromatic carbocycles. The minimum Gasteiger partial charge on any atom is -0.300 e. The lowest BCUT2D eigenvalue weighted by molar-refractivity contribution is -0.120. The SMILES string of the molecule is N#C[C@@H]1CCC(=O)C[C@H]1S(=O)(=O)c1ccccc1. The van der Waals surface area contributed by atoms with Gasteiger partial charge in [0, 0.05) is 12.8 Å². The third-order valence-corrected chi connectivity index (χ3v) is 5.47. The summed E-state index contributed by atoms with van der Waals surface area (Å²) in [5.74, 6) is -0.668. The van der Waals surface area contributed by atoms with E-state index >= 15 is 0 Å². The van der Waals surface area contributed by atoms with Gasteiger partial charge in [-0.1, -0.05) is 18.2 Å². The second-order valence-corrected chi connectivity index (χ2v) is 6.58. The number of hydrogen-bond acceptors (Lipinski definition) is 4. The van der Waals surface area contributed by atoms with Crippen LogP contribution in [0.25, 0.3) is 0 Å². The summed E-state index contributed by atoms with van der Waals surface area (Å²) in [6, 6.07) is 10.0. The summed E-state index contributed by atoms with van der Waals surface area (Å²) in [4.78, 5) is 11.6. The largest absolute Gasteiger partial charge is 0.300 e. The maximum absolute atomic E-state index is 12.4. The first-order valence-corrected chi connectivity index (χ1v) is 7.30. The predicted molar refractivity (Wildman–Crippen MR) is 65.4 cm³/mol. The fraction of sp³-hybridized carbons (Fsp3) is 0.385. The van der Waals surface area contributed by atoms with Crippen molar-refractivity contribution in [3.05, 3.63) is 30.3 Å². The van der Waals surface area contributed by atoms with Crippen molar-refractivity contribution in [2.24, 2.45) is 5.92 Å². The summed E-state index contributed by atoms with van der Waals surface area (Å²) in [6.45, 7) is 0. The van der Waals surface area contributed by atoms with Crippen molar-refractivity contribution in [2.75, 3.05) is 0 Å². The summed E-state index contributed by atoms with van der Waals surface area (Å²) >= 11 is 0. The maximum Gasteiger partial charge on any atom is 0.182 e. The van der Waals surface area contributed by atoms with Crippen molar-refractivity contribution in [1.29, 1.82) is 5.26 Å². The maximum atomic E-state index is 12.4. The van der Waals surface area contributed by atoms with E-state index in [0.717, 1.165) is 0 Å². The first-order chi connectivity index (χ1) is 8.55. The molecule has 94 valence electrons. The number of benzene rings is 1. The van der Waals surface area contributed by atoms with Crippen LogP contribution in [0.5, 0.6) is 0 Å². The molecular weight excluding hydrogens is 250 g/mol. The van der Waals surface area contributed by atoms with E-state index < -0.39 is 21.0 Å². The quantitative estimate of drug-likeness (QED) is 0.814. The highest BCUT2D eigenvalue weighted by atomic mass is 32.2. The highest BCUT2D eigenvalue weighted by molar-refractivity contribution is 7.92. The Morgan fingerprint density at radius 1 is 1.22 bits per heavy atom. The van der Waals surface area contributed by atoms with E-state index in [9.17, 15) is 13.2 Å². The van der Waals surface area contributed by atoms with Gasteiger partial charge in [-0.2, -0.15) is 5.26 Å². The Morgan fingerprint density at radius 3 is 2.50 bits per heavy atom. The van der Waals surface area contributed by atoms with Crippen molar-refractivity contribution >= 4 is 15.6 Å². The molecule has 0 heterocycles. The summed E-state index contributed by atoms with van der Waals surface area (Å²) in [6.07, 6.45) is 0.598. The van der Waals surface area contributed by atoms with Crippen LogP contribution in [0.15, 0.2) is 35.2 Å². The highest BCUT2D eigenvalue weighted by Gasteiger charge is 2.39. The molecule has 18 heavy (non-hydrogen) atoms. The van der Waals surface area contributed by atoms with E-state index in [4.69, 9.17) is 5.26 Å². The smallest absolute Gasteiger partial charge is 0.182 e. The average molecular weight is 263 g/mol. The number of ketones is 1. The monoisotopic (exact) mass is 263 g/mol. The van der Waals surface area contributed by atoms with Crippen LogP contribution in [0.1, 0.15) is 19.3 Å². The van der Waals surface area contributed by atoms with E-state index in [1.165, 1.54) is 12.1 Å². The number of hydrogen-bond donors (Lipinski definition) is 0. The normalized spacial score (nSPS) is 24.5. The summed E-state index contributed by atoms with van der Waals surface area (Å²) < 4.78 is 24.8. The number of Topliss-reactive ketones (excluding diaryl/α,β-unsaturated/α-hetero) is 1. The second kappa shape index (κ2) is 4.91. The van der Waals surface area contributed by atoms with E-state index in [-0.39, 0.29) is 17.1 Å². The molecule has 0 radical (unpaired) electrons. The lowest BCUT2D eigenvalue weighted by Crippen LogP contribution is -2.35. The molecule has 2 atom stereocenters. The number of carbonyl (C=O) groups is 1. The molecule has 1 aliphatic carbocycles. The van der Waals surface area contributed by atoms with Crippen molar-refractivity contribution < 1.29 is 13.2 Å². The Balaban J connectivity index is 2.40. The number of nitriles is 1. The van der Waals surface area contributed by atoms with Crippen LogP contribution in [0, 0.1) is 17.2 Å². The molecule has 0 aromatic heterocycles. The number of rotatable bonds is 2. The molecule has 4 nitrogen and oxygen atoms in total. The van der Waals surface area contributed by atoms with Crippen LogP contribution in [0.2, 0.25) is 0 Å². The van der Waals surface area contributed by atoms with Gasteiger partial charge in [-0.3, -0.25) is 4.79 Å². The minimum absolute atomic E-state index is 0.0462. The zero-order chi connectivity index (χ0) is 13.2. The van der Waals surface area contributed by atoms with Crippen LogP contribution in [0.4, 0.5) is 0 Å². The van der Waals surface area contributed by atoms with Gasteiger partial charge in [0.1, 0.15) is 5.78 Å². The number of nitrogens with zero attached hydrogens (tertiary/aromatic N) is 1. The van der Waals surface area contributed by atoms with Crippen molar-refractivity contribution in [3.8, 4) is 6.07 Å². The Hall–Kier alpha value is -1.67. The Labute approximate surface area is 106 Å². The second-order valence-electron chi connectivity index (χ2n) is 4.41. The molecule has 2 rings (SSSR count). The molecule has 1 aliphatic rings. The number of sulfone groups is 1. The lowest BCUT2D eigenvalue weighted by Gasteiger charge is -2.25. The van der Waals surface area contributed by atoms with Crippen LogP contribution in [0.3, 0.4) is 0 Å². The van der Waals surface area contributed by atoms with Crippen LogP contribution >= 0.6 is 0 Å². The highest BCUT2D eigenvalue weighted by Crippen LogP contribution is 2.31. The fourth-order valence-corrected chi connectivity index (χ4v) is 4.15. The van der Waals surface area contributed by atoms with Gasteiger partial charge in [-0.25, -0.2) is 8.42 Å². The summed E-state index contributed by atoms with van der Waals surface area (Å²) in [5.41, 5.74) is 0. The zero-order valence-electron chi connectivity index (χ0n) is 9.74. The molecule has 1 aromatic rings. The third kappa shape index (κ3) is 2.29. The molecule has 1 saturated carbocycles. The van der Waals surface area contributed by atoms with Crippen LogP contribution in [-0.2, 0) is 14.6 Å². The molecule has 5 heteroatoms. The van der Waals surface area contributed by atoms with E-state index in [2.05, 4.69) is 0 Å². The molecule has 1 fully saturated rings. The first-order valence-electron chi connectivity index (χ1n) is 5.76. The van der Waals surface area contributed by atoms with Crippen molar-refractivity contribution in [2.45, 2.75) is 29.4 Å². The molecule has 0 amide bonds. The van der Waals surface area contributed by atoms with Gasteiger partial charge in [0.25, 0.3) is 0 Å². The van der Waals surface area contributed by atoms with Crippen molar-refractivity contribution in [3.63, 3.8) is 0 Å². The van der Waals surface area contributed by atoms with Gasteiger partial charge in [-0.15, -0.1) is 0 Å². The standard InChI is InChI=1S/C13H13NO3S/c14-9-10-6-7-11(15)8-13(10)18(16,17)12-4-2-1-3-5-12/h1-5,10,13H,6-8H2/t10-,13+/m0/s1. The molecule has 0 saturated heterocycles. The third-order valence-electron chi connectivity index (χ3n) is 3.25. The van der Waals surface area contributed by atoms with Gasteiger partial charge >= 0.3 is 0 Å². The van der Waals surface area contributed by atoms with Gasteiger partial charge in [0.15, 0.2) is 9.84 Å².